The average molecular weight is 575 g/mol. The van der Waals surface area contributed by atoms with E-state index < -0.39 is 35.4 Å². The fourth-order valence-electron chi connectivity index (χ4n) is 5.71. The van der Waals surface area contributed by atoms with Gasteiger partial charge in [0.1, 0.15) is 11.6 Å². The number of nitrogens with zero attached hydrogens (tertiary/aromatic N) is 7. The lowest BCUT2D eigenvalue weighted by atomic mass is 9.94. The first kappa shape index (κ1) is 27.4. The summed E-state index contributed by atoms with van der Waals surface area (Å²) in [5.41, 5.74) is 6.85. The van der Waals surface area contributed by atoms with Crippen LogP contribution in [-0.4, -0.2) is 75.2 Å². The van der Waals surface area contributed by atoms with E-state index in [0.717, 1.165) is 25.0 Å². The maximum absolute atomic E-state index is 14.4. The van der Waals surface area contributed by atoms with Gasteiger partial charge >= 0.3 is 5.92 Å². The van der Waals surface area contributed by atoms with Gasteiger partial charge in [-0.3, -0.25) is 4.79 Å². The maximum atomic E-state index is 14.4. The fourth-order valence-corrected chi connectivity index (χ4v) is 5.71. The van der Waals surface area contributed by atoms with Crippen molar-refractivity contribution < 1.29 is 26.9 Å². The fraction of sp³-hybridized carbons (Fsp3) is 0.519. The van der Waals surface area contributed by atoms with E-state index in [-0.39, 0.29) is 29.5 Å². The van der Waals surface area contributed by atoms with Crippen molar-refractivity contribution in [3.8, 4) is 0 Å². The second-order valence-corrected chi connectivity index (χ2v) is 11.1. The number of hydrogen-bond donors (Lipinski definition) is 1. The van der Waals surface area contributed by atoms with Gasteiger partial charge in [0.25, 0.3) is 17.7 Å². The summed E-state index contributed by atoms with van der Waals surface area (Å²) >= 11 is 0. The van der Waals surface area contributed by atoms with Crippen LogP contribution < -0.4 is 15.5 Å². The molecule has 1 saturated carbocycles. The van der Waals surface area contributed by atoms with Crippen LogP contribution in [0.15, 0.2) is 35.1 Å². The summed E-state index contributed by atoms with van der Waals surface area (Å²) in [6, 6.07) is 3.00. The van der Waals surface area contributed by atoms with Crippen LogP contribution in [0.4, 0.5) is 29.5 Å². The zero-order valence-corrected chi connectivity index (χ0v) is 22.4. The molecule has 10 nitrogen and oxygen atoms in total. The summed E-state index contributed by atoms with van der Waals surface area (Å²) in [6.07, 6.45) is 6.04. The third-order valence-corrected chi connectivity index (χ3v) is 8.00. The van der Waals surface area contributed by atoms with Crippen molar-refractivity contribution in [2.24, 2.45) is 5.73 Å². The molecule has 0 radical (unpaired) electrons. The van der Waals surface area contributed by atoms with Crippen LogP contribution in [0.3, 0.4) is 0 Å². The van der Waals surface area contributed by atoms with Crippen LogP contribution in [0.25, 0.3) is 0 Å². The van der Waals surface area contributed by atoms with E-state index in [2.05, 4.69) is 20.1 Å². The van der Waals surface area contributed by atoms with Gasteiger partial charge in [-0.1, -0.05) is 0 Å². The highest BCUT2D eigenvalue weighted by Crippen LogP contribution is 2.35. The zero-order chi connectivity index (χ0) is 28.9. The minimum Gasteiger partial charge on any atom is -0.339 e. The molecule has 218 valence electrons. The molecule has 2 aliphatic heterocycles. The van der Waals surface area contributed by atoms with E-state index in [1.165, 1.54) is 18.5 Å². The minimum atomic E-state index is -3.21. The molecule has 2 atom stereocenters. The molecule has 1 aromatic carbocycles. The number of nitrogens with two attached hydrogens (primary N) is 1. The number of benzene rings is 1. The topological polar surface area (TPSA) is 118 Å². The molecule has 2 aromatic heterocycles. The normalized spacial score (nSPS) is 21.9. The van der Waals surface area contributed by atoms with Gasteiger partial charge in [-0.05, 0) is 54.6 Å². The van der Waals surface area contributed by atoms with Crippen molar-refractivity contribution in [1.82, 2.24) is 25.0 Å². The summed E-state index contributed by atoms with van der Waals surface area (Å²) in [4.78, 5) is 31.7. The molecule has 14 heteroatoms. The molecule has 1 amide bonds. The Balaban J connectivity index is 1.10. The number of halogens is 4. The Kier molecular flexibility index (Phi) is 7.04. The van der Waals surface area contributed by atoms with E-state index in [1.807, 2.05) is 4.90 Å². The zero-order valence-electron chi connectivity index (χ0n) is 22.4. The summed E-state index contributed by atoms with van der Waals surface area (Å²) in [7, 11) is 0. The lowest BCUT2D eigenvalue weighted by Gasteiger charge is -2.38. The summed E-state index contributed by atoms with van der Waals surface area (Å²) < 4.78 is 59.8. The van der Waals surface area contributed by atoms with Gasteiger partial charge in [0.05, 0.1) is 5.56 Å². The third kappa shape index (κ3) is 5.56. The summed E-state index contributed by atoms with van der Waals surface area (Å²) in [5.74, 6) is -5.07. The quantitative estimate of drug-likeness (QED) is 0.424. The standard InChI is InChI=1S/C27H30F4N8O2/c1-27(30,31)24-35-26(36-41-24)37-8-6-18(7-9-37)39(17-3-4-17)23(40)15-11-33-25(34-12-15)38-13-20(22(32)14-38)19-10-16(28)2-5-21(19)29/h2,5,10-12,17-18,20,22H,3-4,6-9,13-14,32H2,1H3/t20-,22+/m1/s1. The van der Waals surface area contributed by atoms with Crippen LogP contribution in [0.1, 0.15) is 60.3 Å². The summed E-state index contributed by atoms with van der Waals surface area (Å²) in [6.45, 7) is 2.37. The Morgan fingerprint density at radius 3 is 2.34 bits per heavy atom. The van der Waals surface area contributed by atoms with Gasteiger partial charge in [-0.15, -0.1) is 0 Å². The second-order valence-electron chi connectivity index (χ2n) is 11.1. The Bertz CT molecular complexity index is 1400. The molecule has 0 unspecified atom stereocenters. The lowest BCUT2D eigenvalue weighted by molar-refractivity contribution is -0.0158. The van der Waals surface area contributed by atoms with Gasteiger partial charge in [0, 0.05) is 69.5 Å². The van der Waals surface area contributed by atoms with Crippen molar-refractivity contribution in [3.63, 3.8) is 0 Å². The smallest absolute Gasteiger partial charge is 0.322 e. The predicted octanol–water partition coefficient (Wildman–Crippen LogP) is 3.45. The Labute approximate surface area is 233 Å². The number of amides is 1. The van der Waals surface area contributed by atoms with Gasteiger partial charge in [0.15, 0.2) is 0 Å². The second kappa shape index (κ2) is 10.5. The van der Waals surface area contributed by atoms with E-state index >= 15 is 0 Å². The SMILES string of the molecule is CC(F)(F)c1nc(N2CCC(N(C(=O)c3cnc(N4C[C@H](c5cc(F)ccc5F)[C@@H](N)C4)nc3)C3CC3)CC2)no1. The Hall–Kier alpha value is -3.81. The van der Waals surface area contributed by atoms with Crippen molar-refractivity contribution in [3.05, 3.63) is 59.2 Å². The summed E-state index contributed by atoms with van der Waals surface area (Å²) in [5, 5.41) is 3.70. The van der Waals surface area contributed by atoms with Crippen LogP contribution in [0.5, 0.6) is 0 Å². The monoisotopic (exact) mass is 574 g/mol. The molecule has 3 fully saturated rings. The largest absolute Gasteiger partial charge is 0.339 e. The molecule has 2 saturated heterocycles. The molecule has 1 aliphatic carbocycles. The number of hydrogen-bond acceptors (Lipinski definition) is 9. The molecular formula is C27H30F4N8O2. The van der Waals surface area contributed by atoms with E-state index in [9.17, 15) is 22.4 Å². The first-order chi connectivity index (χ1) is 19.6. The number of piperidine rings is 1. The Morgan fingerprint density at radius 1 is 1.02 bits per heavy atom. The van der Waals surface area contributed by atoms with Crippen LogP contribution in [0.2, 0.25) is 0 Å². The van der Waals surface area contributed by atoms with Crippen molar-refractivity contribution in [2.45, 2.75) is 62.6 Å². The molecule has 6 rings (SSSR count). The van der Waals surface area contributed by atoms with Gasteiger partial charge in [-0.25, -0.2) is 18.7 Å². The number of alkyl halides is 2. The maximum Gasteiger partial charge on any atom is 0.322 e. The Morgan fingerprint density at radius 2 is 1.71 bits per heavy atom. The number of anilines is 2. The van der Waals surface area contributed by atoms with Gasteiger partial charge in [-0.2, -0.15) is 13.8 Å². The van der Waals surface area contributed by atoms with Gasteiger partial charge in [0.2, 0.25) is 5.95 Å². The van der Waals surface area contributed by atoms with Crippen LogP contribution in [-0.2, 0) is 5.92 Å². The van der Waals surface area contributed by atoms with Crippen molar-refractivity contribution >= 4 is 17.8 Å². The number of rotatable bonds is 7. The molecule has 0 spiro atoms. The van der Waals surface area contributed by atoms with Gasteiger partial charge < -0.3 is 25.0 Å². The van der Waals surface area contributed by atoms with Crippen molar-refractivity contribution in [2.75, 3.05) is 36.0 Å². The molecule has 0 bridgehead atoms. The van der Waals surface area contributed by atoms with E-state index in [0.29, 0.717) is 57.5 Å². The highest BCUT2D eigenvalue weighted by molar-refractivity contribution is 5.94. The number of carbonyl (C=O) groups excluding carboxylic acids is 1. The first-order valence-corrected chi connectivity index (χ1v) is 13.7. The number of carbonyl (C=O) groups is 1. The van der Waals surface area contributed by atoms with E-state index in [4.69, 9.17) is 10.3 Å². The van der Waals surface area contributed by atoms with E-state index in [1.54, 1.807) is 9.80 Å². The molecule has 2 N–H and O–H groups in total. The highest BCUT2D eigenvalue weighted by Gasteiger charge is 2.41. The van der Waals surface area contributed by atoms with Crippen LogP contribution in [0, 0.1) is 11.6 Å². The lowest BCUT2D eigenvalue weighted by Crippen LogP contribution is -2.48. The van der Waals surface area contributed by atoms with Crippen LogP contribution >= 0.6 is 0 Å². The van der Waals surface area contributed by atoms with Crippen molar-refractivity contribution in [1.29, 1.82) is 0 Å². The molecule has 41 heavy (non-hydrogen) atoms. The third-order valence-electron chi connectivity index (χ3n) is 8.00. The average Bonchev–Trinajstić information content (AvgIpc) is 3.49. The minimum absolute atomic E-state index is 0.0385. The molecular weight excluding hydrogens is 544 g/mol. The predicted molar refractivity (Wildman–Crippen MR) is 140 cm³/mol. The molecule has 3 aliphatic rings. The molecule has 4 heterocycles. The molecule has 3 aromatic rings. The highest BCUT2D eigenvalue weighted by atomic mass is 19.3. The first-order valence-electron chi connectivity index (χ1n) is 13.7. The number of aromatic nitrogens is 4.